The highest BCUT2D eigenvalue weighted by Crippen LogP contribution is 2.34. The number of para-hydroxylation sites is 2. The highest BCUT2D eigenvalue weighted by atomic mass is 15.2. The highest BCUT2D eigenvalue weighted by Gasteiger charge is 2.18. The van der Waals surface area contributed by atoms with Crippen LogP contribution in [0, 0.1) is 20.8 Å². The smallest absolute Gasteiger partial charge is 0.215 e. The molecule has 0 bridgehead atoms. The summed E-state index contributed by atoms with van der Waals surface area (Å²) in [4.78, 5) is 4.94. The summed E-state index contributed by atoms with van der Waals surface area (Å²) < 4.78 is 4.41. The number of rotatable bonds is 3. The number of hydrogen-bond acceptors (Lipinski definition) is 1. The number of benzene rings is 3. The summed E-state index contributed by atoms with van der Waals surface area (Å²) >= 11 is 0. The van der Waals surface area contributed by atoms with E-state index in [0.29, 0.717) is 0 Å². The van der Waals surface area contributed by atoms with Crippen LogP contribution < -0.4 is 0 Å². The van der Waals surface area contributed by atoms with Crippen LogP contribution in [-0.2, 0) is 7.05 Å². The molecule has 0 fully saturated rings. The molecule has 0 N–H and O–H groups in total. The molecule has 2 aromatic heterocycles. The van der Waals surface area contributed by atoms with Crippen molar-refractivity contribution in [2.45, 2.75) is 20.8 Å². The van der Waals surface area contributed by atoms with E-state index in [4.69, 9.17) is 4.98 Å². The Kier molecular flexibility index (Phi) is 4.14. The zero-order chi connectivity index (χ0) is 21.0. The van der Waals surface area contributed by atoms with Crippen LogP contribution >= 0.6 is 0 Å². The van der Waals surface area contributed by atoms with Crippen molar-refractivity contribution in [2.75, 3.05) is 0 Å². The third-order valence-electron chi connectivity index (χ3n) is 6.11. The second-order valence-electron chi connectivity index (χ2n) is 8.05. The molecule has 0 atom stereocenters. The Balaban J connectivity index is 1.79. The summed E-state index contributed by atoms with van der Waals surface area (Å²) in [6, 6.07) is 21.6. The van der Waals surface area contributed by atoms with Gasteiger partial charge in [0.05, 0.1) is 16.6 Å². The van der Waals surface area contributed by atoms with Gasteiger partial charge in [0.15, 0.2) is 0 Å². The predicted molar refractivity (Wildman–Crippen MR) is 127 cm³/mol. The van der Waals surface area contributed by atoms with Crippen LogP contribution in [0.2, 0.25) is 0 Å². The van der Waals surface area contributed by atoms with Gasteiger partial charge in [0, 0.05) is 23.7 Å². The molecule has 0 amide bonds. The number of nitrogens with zero attached hydrogens (tertiary/aromatic N) is 3. The predicted octanol–water partition coefficient (Wildman–Crippen LogP) is 6.75. The van der Waals surface area contributed by atoms with Crippen LogP contribution in [0.15, 0.2) is 67.2 Å². The first kappa shape index (κ1) is 18.4. The molecule has 0 unspecified atom stereocenters. The van der Waals surface area contributed by atoms with E-state index < -0.39 is 0 Å². The minimum Gasteiger partial charge on any atom is -0.313 e. The molecule has 3 aromatic carbocycles. The first-order chi connectivity index (χ1) is 14.5. The Morgan fingerprint density at radius 3 is 2.43 bits per heavy atom. The van der Waals surface area contributed by atoms with Gasteiger partial charge in [-0.2, -0.15) is 0 Å². The largest absolute Gasteiger partial charge is 0.313 e. The molecular weight excluding hydrogens is 366 g/mol. The van der Waals surface area contributed by atoms with Crippen LogP contribution in [0.25, 0.3) is 45.1 Å². The standard InChI is InChI=1S/C27H25N3/c1-6-21-19(4)30(27-28-24-9-7-8-10-26(24)29(27)5)25-14-12-20(16-23(21)25)22-13-11-17(2)15-18(22)3/h6-16H,1H2,2-5H3. The van der Waals surface area contributed by atoms with Crippen LogP contribution in [0.3, 0.4) is 0 Å². The van der Waals surface area contributed by atoms with Gasteiger partial charge in [0.2, 0.25) is 5.95 Å². The molecule has 0 aliphatic heterocycles. The average Bonchev–Trinajstić information content (AvgIpc) is 3.20. The monoisotopic (exact) mass is 391 g/mol. The minimum atomic E-state index is 0.922. The van der Waals surface area contributed by atoms with Gasteiger partial charge in [-0.15, -0.1) is 0 Å². The summed E-state index contributed by atoms with van der Waals surface area (Å²) in [5, 5.41) is 1.20. The molecular formula is C27H25N3. The zero-order valence-corrected chi connectivity index (χ0v) is 17.9. The van der Waals surface area contributed by atoms with Gasteiger partial charge in [0.25, 0.3) is 0 Å². The molecule has 0 aliphatic rings. The summed E-state index contributed by atoms with van der Waals surface area (Å²) in [7, 11) is 2.08. The summed E-state index contributed by atoms with van der Waals surface area (Å²) in [5.74, 6) is 0.922. The van der Waals surface area contributed by atoms with E-state index in [2.05, 4.69) is 98.1 Å². The lowest BCUT2D eigenvalue weighted by molar-refractivity contribution is 0.839. The van der Waals surface area contributed by atoms with Gasteiger partial charge < -0.3 is 4.57 Å². The molecule has 0 aliphatic carbocycles. The van der Waals surface area contributed by atoms with Crippen molar-refractivity contribution >= 4 is 28.0 Å². The van der Waals surface area contributed by atoms with Crippen molar-refractivity contribution in [2.24, 2.45) is 7.05 Å². The lowest BCUT2D eigenvalue weighted by atomic mass is 9.97. The lowest BCUT2D eigenvalue weighted by Gasteiger charge is -2.10. The van der Waals surface area contributed by atoms with Crippen molar-refractivity contribution in [1.82, 2.24) is 14.1 Å². The summed E-state index contributed by atoms with van der Waals surface area (Å²) in [6.45, 7) is 10.6. The van der Waals surface area contributed by atoms with E-state index in [1.165, 1.54) is 27.6 Å². The first-order valence-electron chi connectivity index (χ1n) is 10.3. The summed E-state index contributed by atoms with van der Waals surface area (Å²) in [5.41, 5.74) is 10.7. The van der Waals surface area contributed by atoms with E-state index >= 15 is 0 Å². The van der Waals surface area contributed by atoms with Gasteiger partial charge in [-0.05, 0) is 61.7 Å². The van der Waals surface area contributed by atoms with Crippen molar-refractivity contribution in [3.8, 4) is 17.1 Å². The van der Waals surface area contributed by atoms with Gasteiger partial charge in [-0.3, -0.25) is 4.57 Å². The van der Waals surface area contributed by atoms with Gasteiger partial charge >= 0.3 is 0 Å². The quantitative estimate of drug-likeness (QED) is 0.333. The molecule has 0 radical (unpaired) electrons. The van der Waals surface area contributed by atoms with Crippen molar-refractivity contribution in [1.29, 1.82) is 0 Å². The third-order valence-corrected chi connectivity index (χ3v) is 6.11. The molecule has 2 heterocycles. The molecule has 0 spiro atoms. The Hall–Kier alpha value is -3.59. The number of fused-ring (bicyclic) bond motifs is 2. The normalized spacial score (nSPS) is 11.5. The number of hydrogen-bond donors (Lipinski definition) is 0. The SMILES string of the molecule is C=Cc1c(C)n(-c2nc3ccccc3n2C)c2ccc(-c3ccc(C)cc3C)cc12. The maximum Gasteiger partial charge on any atom is 0.215 e. The van der Waals surface area contributed by atoms with Crippen LogP contribution in [0.5, 0.6) is 0 Å². The van der Waals surface area contributed by atoms with Crippen molar-refractivity contribution < 1.29 is 0 Å². The molecule has 148 valence electrons. The first-order valence-corrected chi connectivity index (χ1v) is 10.3. The molecule has 30 heavy (non-hydrogen) atoms. The second kappa shape index (κ2) is 6.74. The number of aromatic nitrogens is 3. The van der Waals surface area contributed by atoms with E-state index in [0.717, 1.165) is 33.8 Å². The van der Waals surface area contributed by atoms with Crippen molar-refractivity contribution in [3.05, 3.63) is 89.6 Å². The molecule has 5 aromatic rings. The van der Waals surface area contributed by atoms with Gasteiger partial charge in [-0.1, -0.05) is 54.6 Å². The topological polar surface area (TPSA) is 22.8 Å². The van der Waals surface area contributed by atoms with Crippen LogP contribution in [-0.4, -0.2) is 14.1 Å². The van der Waals surface area contributed by atoms with Gasteiger partial charge in [0.1, 0.15) is 0 Å². The Morgan fingerprint density at radius 1 is 0.900 bits per heavy atom. The minimum absolute atomic E-state index is 0.922. The van der Waals surface area contributed by atoms with E-state index in [9.17, 15) is 0 Å². The molecule has 3 nitrogen and oxygen atoms in total. The number of imidazole rings is 1. The Labute approximate surface area is 176 Å². The summed E-state index contributed by atoms with van der Waals surface area (Å²) in [6.07, 6.45) is 1.96. The average molecular weight is 392 g/mol. The molecule has 0 saturated carbocycles. The fourth-order valence-electron chi connectivity index (χ4n) is 4.60. The second-order valence-corrected chi connectivity index (χ2v) is 8.05. The van der Waals surface area contributed by atoms with Gasteiger partial charge in [-0.25, -0.2) is 4.98 Å². The molecule has 5 rings (SSSR count). The van der Waals surface area contributed by atoms with E-state index in [1.807, 2.05) is 12.1 Å². The highest BCUT2D eigenvalue weighted by molar-refractivity contribution is 5.95. The third kappa shape index (κ3) is 2.62. The van der Waals surface area contributed by atoms with E-state index in [-0.39, 0.29) is 0 Å². The number of aryl methyl sites for hydroxylation is 3. The fraction of sp³-hybridized carbons (Fsp3) is 0.148. The van der Waals surface area contributed by atoms with Crippen LogP contribution in [0.4, 0.5) is 0 Å². The maximum absolute atomic E-state index is 4.94. The lowest BCUT2D eigenvalue weighted by Crippen LogP contribution is -2.04. The molecule has 0 saturated heterocycles. The fourth-order valence-corrected chi connectivity index (χ4v) is 4.60. The van der Waals surface area contributed by atoms with Crippen LogP contribution in [0.1, 0.15) is 22.4 Å². The maximum atomic E-state index is 4.94. The Morgan fingerprint density at radius 2 is 1.70 bits per heavy atom. The molecule has 3 heteroatoms. The van der Waals surface area contributed by atoms with E-state index in [1.54, 1.807) is 0 Å². The Bertz CT molecular complexity index is 1450. The van der Waals surface area contributed by atoms with Crippen molar-refractivity contribution in [3.63, 3.8) is 0 Å². The zero-order valence-electron chi connectivity index (χ0n) is 17.9.